The second-order valence-electron chi connectivity index (χ2n) is 4.71. The van der Waals surface area contributed by atoms with Crippen LogP contribution in [0, 0.1) is 5.92 Å². The van der Waals surface area contributed by atoms with Crippen LogP contribution in [0.4, 0.5) is 0 Å². The first-order valence-corrected chi connectivity index (χ1v) is 6.43. The molecule has 2 saturated heterocycles. The van der Waals surface area contributed by atoms with Gasteiger partial charge in [-0.05, 0) is 25.8 Å². The molecule has 2 atom stereocenters. The molecule has 4 nitrogen and oxygen atoms in total. The minimum atomic E-state index is 0.236. The van der Waals surface area contributed by atoms with Crippen molar-refractivity contribution in [3.8, 4) is 0 Å². The third kappa shape index (κ3) is 2.55. The van der Waals surface area contributed by atoms with E-state index < -0.39 is 0 Å². The number of hydrogen-bond acceptors (Lipinski definition) is 3. The van der Waals surface area contributed by atoms with E-state index in [2.05, 4.69) is 12.2 Å². The molecule has 0 aromatic rings. The average molecular weight is 226 g/mol. The van der Waals surface area contributed by atoms with Crippen molar-refractivity contribution in [2.75, 3.05) is 32.8 Å². The van der Waals surface area contributed by atoms with Gasteiger partial charge in [0.15, 0.2) is 0 Å². The predicted octanol–water partition coefficient (Wildman–Crippen LogP) is 0.623. The fraction of sp³-hybridized carbons (Fsp3) is 0.917. The van der Waals surface area contributed by atoms with E-state index in [0.717, 1.165) is 45.5 Å². The summed E-state index contributed by atoms with van der Waals surface area (Å²) in [5.74, 6) is 0.567. The van der Waals surface area contributed by atoms with Gasteiger partial charge in [-0.2, -0.15) is 0 Å². The molecule has 1 amide bonds. The second kappa shape index (κ2) is 5.64. The maximum Gasteiger partial charge on any atom is 0.227 e. The van der Waals surface area contributed by atoms with Gasteiger partial charge in [0.2, 0.25) is 5.91 Å². The molecule has 0 saturated carbocycles. The molecule has 0 aromatic heterocycles. The Balaban J connectivity index is 1.76. The summed E-state index contributed by atoms with van der Waals surface area (Å²) >= 11 is 0. The molecular formula is C12H22N2O2. The smallest absolute Gasteiger partial charge is 0.227 e. The molecule has 2 fully saturated rings. The van der Waals surface area contributed by atoms with E-state index in [9.17, 15) is 4.79 Å². The molecule has 2 aliphatic rings. The normalized spacial score (nSPS) is 29.6. The van der Waals surface area contributed by atoms with Crippen LogP contribution < -0.4 is 5.32 Å². The van der Waals surface area contributed by atoms with Crippen molar-refractivity contribution in [3.05, 3.63) is 0 Å². The van der Waals surface area contributed by atoms with Crippen molar-refractivity contribution in [2.45, 2.75) is 32.2 Å². The van der Waals surface area contributed by atoms with Crippen molar-refractivity contribution in [3.63, 3.8) is 0 Å². The Bertz CT molecular complexity index is 245. The highest BCUT2D eigenvalue weighted by atomic mass is 16.5. The first-order valence-electron chi connectivity index (χ1n) is 6.43. The summed E-state index contributed by atoms with van der Waals surface area (Å²) in [4.78, 5) is 14.0. The second-order valence-corrected chi connectivity index (χ2v) is 4.71. The van der Waals surface area contributed by atoms with Crippen molar-refractivity contribution < 1.29 is 9.53 Å². The van der Waals surface area contributed by atoms with Crippen molar-refractivity contribution in [2.24, 2.45) is 5.92 Å². The van der Waals surface area contributed by atoms with Crippen LogP contribution in [0.5, 0.6) is 0 Å². The lowest BCUT2D eigenvalue weighted by molar-refractivity contribution is -0.132. The van der Waals surface area contributed by atoms with Gasteiger partial charge in [0.25, 0.3) is 0 Å². The van der Waals surface area contributed by atoms with E-state index in [0.29, 0.717) is 18.6 Å². The Morgan fingerprint density at radius 2 is 2.38 bits per heavy atom. The lowest BCUT2D eigenvalue weighted by atomic mass is 9.94. The number of ether oxygens (including phenoxy) is 1. The Morgan fingerprint density at radius 3 is 3.12 bits per heavy atom. The molecule has 92 valence electrons. The van der Waals surface area contributed by atoms with Gasteiger partial charge < -0.3 is 15.0 Å². The monoisotopic (exact) mass is 226 g/mol. The summed E-state index contributed by atoms with van der Waals surface area (Å²) in [6, 6.07) is 0.396. The largest absolute Gasteiger partial charge is 0.380 e. The maximum absolute atomic E-state index is 12.0. The molecule has 2 aliphatic heterocycles. The van der Waals surface area contributed by atoms with Crippen LogP contribution in [0.25, 0.3) is 0 Å². The van der Waals surface area contributed by atoms with E-state index in [4.69, 9.17) is 4.74 Å². The van der Waals surface area contributed by atoms with Crippen LogP contribution in [0.2, 0.25) is 0 Å². The first-order chi connectivity index (χ1) is 7.83. The molecule has 1 N–H and O–H groups in total. The van der Waals surface area contributed by atoms with Crippen LogP contribution >= 0.6 is 0 Å². The number of amides is 1. The molecule has 0 spiro atoms. The van der Waals surface area contributed by atoms with Crippen LogP contribution in [0.15, 0.2) is 0 Å². The van der Waals surface area contributed by atoms with Gasteiger partial charge in [-0.25, -0.2) is 0 Å². The number of carbonyl (C=O) groups excluding carboxylic acids is 1. The highest BCUT2D eigenvalue weighted by molar-refractivity contribution is 5.82. The highest BCUT2D eigenvalue weighted by Crippen LogP contribution is 2.25. The van der Waals surface area contributed by atoms with E-state index in [1.54, 1.807) is 0 Å². The number of fused-ring (bicyclic) bond motifs is 1. The average Bonchev–Trinajstić information content (AvgIpc) is 2.63. The molecule has 0 aromatic carbocycles. The zero-order chi connectivity index (χ0) is 11.4. The SMILES string of the molecule is CCCOCCN1CC2NCCCC2C1=O. The molecule has 2 heterocycles. The lowest BCUT2D eigenvalue weighted by Crippen LogP contribution is -2.41. The molecule has 2 rings (SSSR count). The molecule has 0 aliphatic carbocycles. The van der Waals surface area contributed by atoms with Crippen LogP contribution in [0.1, 0.15) is 26.2 Å². The number of likely N-dealkylation sites (tertiary alicyclic amines) is 1. The van der Waals surface area contributed by atoms with Crippen LogP contribution in [-0.4, -0.2) is 49.7 Å². The standard InChI is InChI=1S/C12H22N2O2/c1-2-7-16-8-6-14-9-11-10(12(14)15)4-3-5-13-11/h10-11,13H,2-9H2,1H3. The van der Waals surface area contributed by atoms with Crippen LogP contribution in [0.3, 0.4) is 0 Å². The third-order valence-electron chi connectivity index (χ3n) is 3.48. The Hall–Kier alpha value is -0.610. The molecule has 4 heteroatoms. The topological polar surface area (TPSA) is 41.6 Å². The number of hydrogen-bond donors (Lipinski definition) is 1. The summed E-state index contributed by atoms with van der Waals surface area (Å²) in [5.41, 5.74) is 0. The number of rotatable bonds is 5. The van der Waals surface area contributed by atoms with Gasteiger partial charge in [-0.1, -0.05) is 6.92 Å². The van der Waals surface area contributed by atoms with Gasteiger partial charge in [0.05, 0.1) is 12.5 Å². The zero-order valence-electron chi connectivity index (χ0n) is 10.1. The Labute approximate surface area is 97.3 Å². The first kappa shape index (κ1) is 11.9. The van der Waals surface area contributed by atoms with Crippen molar-refractivity contribution in [1.82, 2.24) is 10.2 Å². The molecule has 0 bridgehead atoms. The van der Waals surface area contributed by atoms with E-state index in [1.165, 1.54) is 0 Å². The molecule has 0 radical (unpaired) electrons. The Kier molecular flexibility index (Phi) is 4.18. The summed E-state index contributed by atoms with van der Waals surface area (Å²) in [6.45, 7) is 6.27. The maximum atomic E-state index is 12.0. The molecule has 2 unspecified atom stereocenters. The van der Waals surface area contributed by atoms with Crippen LogP contribution in [-0.2, 0) is 9.53 Å². The van der Waals surface area contributed by atoms with Gasteiger partial charge >= 0.3 is 0 Å². The Morgan fingerprint density at radius 1 is 1.50 bits per heavy atom. The van der Waals surface area contributed by atoms with E-state index in [-0.39, 0.29) is 5.92 Å². The minimum Gasteiger partial charge on any atom is -0.380 e. The van der Waals surface area contributed by atoms with Crippen molar-refractivity contribution >= 4 is 5.91 Å². The number of nitrogens with zero attached hydrogens (tertiary/aromatic N) is 1. The summed E-state index contributed by atoms with van der Waals surface area (Å²) in [6.07, 6.45) is 3.23. The third-order valence-corrected chi connectivity index (χ3v) is 3.48. The fourth-order valence-electron chi connectivity index (χ4n) is 2.62. The highest BCUT2D eigenvalue weighted by Gasteiger charge is 2.40. The van der Waals surface area contributed by atoms with Gasteiger partial charge in [-0.3, -0.25) is 4.79 Å². The summed E-state index contributed by atoms with van der Waals surface area (Å²) < 4.78 is 5.43. The predicted molar refractivity (Wildman–Crippen MR) is 62.2 cm³/mol. The lowest BCUT2D eigenvalue weighted by Gasteiger charge is -2.23. The quantitative estimate of drug-likeness (QED) is 0.699. The summed E-state index contributed by atoms with van der Waals surface area (Å²) in [7, 11) is 0. The fourth-order valence-corrected chi connectivity index (χ4v) is 2.62. The zero-order valence-corrected chi connectivity index (χ0v) is 10.1. The van der Waals surface area contributed by atoms with Gasteiger partial charge in [0, 0.05) is 25.7 Å². The van der Waals surface area contributed by atoms with E-state index in [1.807, 2.05) is 4.90 Å². The number of nitrogens with one attached hydrogen (secondary N) is 1. The summed E-state index contributed by atoms with van der Waals surface area (Å²) in [5, 5.41) is 3.44. The molecule has 16 heavy (non-hydrogen) atoms. The minimum absolute atomic E-state index is 0.236. The number of piperidine rings is 1. The molecular weight excluding hydrogens is 204 g/mol. The van der Waals surface area contributed by atoms with Gasteiger partial charge in [-0.15, -0.1) is 0 Å². The van der Waals surface area contributed by atoms with E-state index >= 15 is 0 Å². The van der Waals surface area contributed by atoms with Gasteiger partial charge in [0.1, 0.15) is 0 Å². The number of carbonyl (C=O) groups is 1. The van der Waals surface area contributed by atoms with Crippen molar-refractivity contribution in [1.29, 1.82) is 0 Å².